The van der Waals surface area contributed by atoms with Crippen molar-refractivity contribution in [3.8, 4) is 0 Å². The fraction of sp³-hybridized carbons (Fsp3) is 0.857. The maximum absolute atomic E-state index is 9.80. The van der Waals surface area contributed by atoms with Crippen LogP contribution in [0.4, 0.5) is 0 Å². The van der Waals surface area contributed by atoms with E-state index >= 15 is 0 Å². The summed E-state index contributed by atoms with van der Waals surface area (Å²) in [5, 5.41) is 12.2. The van der Waals surface area contributed by atoms with Crippen molar-refractivity contribution in [1.82, 2.24) is 5.32 Å². The standard InChI is InChI=1S/C7H13N2O3/c10-9(11)12-6-4-7-3-1-2-5-8-7/h5,7-8H,1-4,6H2. The number of piperidine rings is 1. The maximum atomic E-state index is 9.80. The van der Waals surface area contributed by atoms with E-state index in [1.807, 2.05) is 6.54 Å². The molecule has 69 valence electrons. The molecule has 5 nitrogen and oxygen atoms in total. The summed E-state index contributed by atoms with van der Waals surface area (Å²) in [7, 11) is 0. The van der Waals surface area contributed by atoms with Gasteiger partial charge in [0.05, 0.1) is 6.61 Å². The van der Waals surface area contributed by atoms with E-state index in [0.29, 0.717) is 12.5 Å². The molecule has 0 saturated carbocycles. The molecule has 0 spiro atoms. The summed E-state index contributed by atoms with van der Waals surface area (Å²) in [6.45, 7) is 2.21. The molecule has 5 heteroatoms. The van der Waals surface area contributed by atoms with E-state index in [2.05, 4.69) is 10.2 Å². The molecule has 1 fully saturated rings. The van der Waals surface area contributed by atoms with Gasteiger partial charge in [-0.25, -0.2) is 0 Å². The molecule has 0 amide bonds. The minimum absolute atomic E-state index is 0.193. The zero-order chi connectivity index (χ0) is 8.81. The van der Waals surface area contributed by atoms with Crippen LogP contribution in [0.3, 0.4) is 0 Å². The van der Waals surface area contributed by atoms with E-state index in [0.717, 1.165) is 19.3 Å². The molecule has 0 aromatic heterocycles. The monoisotopic (exact) mass is 173 g/mol. The minimum Gasteiger partial charge on any atom is -0.314 e. The van der Waals surface area contributed by atoms with Gasteiger partial charge in [0.2, 0.25) is 0 Å². The molecule has 12 heavy (non-hydrogen) atoms. The van der Waals surface area contributed by atoms with E-state index in [4.69, 9.17) is 0 Å². The van der Waals surface area contributed by atoms with Gasteiger partial charge in [-0.3, -0.25) is 0 Å². The van der Waals surface area contributed by atoms with Crippen molar-refractivity contribution >= 4 is 0 Å². The molecule has 0 aromatic rings. The van der Waals surface area contributed by atoms with Crippen LogP contribution in [-0.4, -0.2) is 17.7 Å². The second-order valence-corrected chi connectivity index (χ2v) is 2.84. The van der Waals surface area contributed by atoms with Gasteiger partial charge in [-0.15, -0.1) is 10.1 Å². The van der Waals surface area contributed by atoms with Crippen molar-refractivity contribution in [1.29, 1.82) is 0 Å². The quantitative estimate of drug-likeness (QED) is 0.506. The summed E-state index contributed by atoms with van der Waals surface area (Å²) < 4.78 is 0. The van der Waals surface area contributed by atoms with E-state index in [1.165, 1.54) is 0 Å². The largest absolute Gasteiger partial charge is 0.314 e. The van der Waals surface area contributed by atoms with E-state index in [1.54, 1.807) is 0 Å². The van der Waals surface area contributed by atoms with Crippen molar-refractivity contribution in [3.05, 3.63) is 16.7 Å². The lowest BCUT2D eigenvalue weighted by Crippen LogP contribution is -2.31. The SMILES string of the molecule is O=[N+]([O-])OCCC1CCC[CH]N1. The summed E-state index contributed by atoms with van der Waals surface area (Å²) in [5.41, 5.74) is 0. The highest BCUT2D eigenvalue weighted by atomic mass is 16.9. The predicted octanol–water partition coefficient (Wildman–Crippen LogP) is 0.889. The average molecular weight is 173 g/mol. The van der Waals surface area contributed by atoms with Gasteiger partial charge in [0.25, 0.3) is 5.09 Å². The van der Waals surface area contributed by atoms with Crippen LogP contribution >= 0.6 is 0 Å². The van der Waals surface area contributed by atoms with Crippen LogP contribution in [0.5, 0.6) is 0 Å². The number of hydrogen-bond donors (Lipinski definition) is 1. The smallest absolute Gasteiger partial charge is 0.294 e. The molecular formula is C7H13N2O3. The molecule has 1 saturated heterocycles. The van der Waals surface area contributed by atoms with Gasteiger partial charge in [-0.2, -0.15) is 0 Å². The Bertz CT molecular complexity index is 146. The maximum Gasteiger partial charge on any atom is 0.294 e. The highest BCUT2D eigenvalue weighted by molar-refractivity contribution is 4.78. The zero-order valence-electron chi connectivity index (χ0n) is 6.86. The Morgan fingerprint density at radius 2 is 2.58 bits per heavy atom. The normalized spacial score (nSPS) is 23.5. The lowest BCUT2D eigenvalue weighted by Gasteiger charge is -2.22. The molecule has 1 N–H and O–H groups in total. The summed E-state index contributed by atoms with van der Waals surface area (Å²) in [4.78, 5) is 14.0. The Morgan fingerprint density at radius 1 is 1.75 bits per heavy atom. The van der Waals surface area contributed by atoms with Crippen molar-refractivity contribution in [3.63, 3.8) is 0 Å². The Hall–Kier alpha value is -0.840. The zero-order valence-corrected chi connectivity index (χ0v) is 6.86. The first-order valence-corrected chi connectivity index (χ1v) is 4.14. The third kappa shape index (κ3) is 3.52. The minimum atomic E-state index is -0.744. The van der Waals surface area contributed by atoms with Crippen LogP contribution in [0, 0.1) is 16.7 Å². The Morgan fingerprint density at radius 3 is 3.17 bits per heavy atom. The van der Waals surface area contributed by atoms with Gasteiger partial charge >= 0.3 is 0 Å². The molecule has 1 aliphatic heterocycles. The second-order valence-electron chi connectivity index (χ2n) is 2.84. The van der Waals surface area contributed by atoms with Crippen molar-refractivity contribution < 1.29 is 9.92 Å². The van der Waals surface area contributed by atoms with Crippen LogP contribution in [0.25, 0.3) is 0 Å². The fourth-order valence-electron chi connectivity index (χ4n) is 1.30. The van der Waals surface area contributed by atoms with Crippen molar-refractivity contribution in [2.45, 2.75) is 31.7 Å². The van der Waals surface area contributed by atoms with Gasteiger partial charge < -0.3 is 10.2 Å². The van der Waals surface area contributed by atoms with Gasteiger partial charge in [0.15, 0.2) is 0 Å². The van der Waals surface area contributed by atoms with Gasteiger partial charge in [0.1, 0.15) is 0 Å². The third-order valence-electron chi connectivity index (χ3n) is 1.92. The molecule has 1 unspecified atom stereocenters. The number of hydrogen-bond acceptors (Lipinski definition) is 4. The molecule has 1 atom stereocenters. The van der Waals surface area contributed by atoms with Gasteiger partial charge in [0, 0.05) is 12.6 Å². The molecule has 1 heterocycles. The van der Waals surface area contributed by atoms with Crippen LogP contribution in [0.2, 0.25) is 0 Å². The third-order valence-corrected chi connectivity index (χ3v) is 1.92. The topological polar surface area (TPSA) is 64.4 Å². The number of rotatable bonds is 4. The highest BCUT2D eigenvalue weighted by Gasteiger charge is 2.12. The van der Waals surface area contributed by atoms with Crippen molar-refractivity contribution in [2.75, 3.05) is 6.61 Å². The fourth-order valence-corrected chi connectivity index (χ4v) is 1.30. The average Bonchev–Trinajstić information content (AvgIpc) is 2.05. The molecule has 0 aliphatic carbocycles. The lowest BCUT2D eigenvalue weighted by molar-refractivity contribution is -0.757. The summed E-state index contributed by atoms with van der Waals surface area (Å²) in [6, 6.07) is 0.360. The molecule has 0 aromatic carbocycles. The first kappa shape index (κ1) is 9.25. The highest BCUT2D eigenvalue weighted by Crippen LogP contribution is 2.11. The van der Waals surface area contributed by atoms with E-state index < -0.39 is 5.09 Å². The number of nitrogens with one attached hydrogen (secondary N) is 1. The first-order chi connectivity index (χ1) is 5.79. The van der Waals surface area contributed by atoms with Crippen LogP contribution < -0.4 is 5.32 Å². The van der Waals surface area contributed by atoms with Crippen LogP contribution in [0.1, 0.15) is 25.7 Å². The molecular weight excluding hydrogens is 160 g/mol. The summed E-state index contributed by atoms with van der Waals surface area (Å²) in [5.74, 6) is 0. The summed E-state index contributed by atoms with van der Waals surface area (Å²) >= 11 is 0. The van der Waals surface area contributed by atoms with Gasteiger partial charge in [-0.1, -0.05) is 6.42 Å². The Kier molecular flexibility index (Phi) is 3.79. The number of nitrogens with zero attached hydrogens (tertiary/aromatic N) is 1. The predicted molar refractivity (Wildman–Crippen MR) is 42.6 cm³/mol. The molecule has 1 rings (SSSR count). The molecule has 0 bridgehead atoms. The Labute approximate surface area is 71.2 Å². The van der Waals surface area contributed by atoms with Crippen LogP contribution in [0.15, 0.2) is 0 Å². The summed E-state index contributed by atoms with van der Waals surface area (Å²) in [6.07, 6.45) is 4.04. The van der Waals surface area contributed by atoms with Gasteiger partial charge in [-0.05, 0) is 19.3 Å². The first-order valence-electron chi connectivity index (χ1n) is 4.14. The van der Waals surface area contributed by atoms with Crippen LogP contribution in [-0.2, 0) is 4.84 Å². The Balaban J connectivity index is 2.01. The molecule has 1 aliphatic rings. The second kappa shape index (κ2) is 4.92. The molecule has 1 radical (unpaired) electrons. The lowest BCUT2D eigenvalue weighted by atomic mass is 10.0. The van der Waals surface area contributed by atoms with E-state index in [-0.39, 0.29) is 6.61 Å². The van der Waals surface area contributed by atoms with Crippen molar-refractivity contribution in [2.24, 2.45) is 0 Å². The van der Waals surface area contributed by atoms with E-state index in [9.17, 15) is 10.1 Å².